The van der Waals surface area contributed by atoms with Gasteiger partial charge in [-0.05, 0) is 25.2 Å². The van der Waals surface area contributed by atoms with Crippen LogP contribution in [0.1, 0.15) is 24.2 Å². The molecule has 18 heavy (non-hydrogen) atoms. The SMILES string of the molecule is NCCC(=O)Cc1cccc(CC(=O)CCN)n1. The Morgan fingerprint density at radius 2 is 1.39 bits per heavy atom. The number of carbonyl (C=O) groups is 2. The molecule has 0 bridgehead atoms. The molecule has 0 radical (unpaired) electrons. The Balaban J connectivity index is 2.61. The fourth-order valence-corrected chi connectivity index (χ4v) is 1.63. The summed E-state index contributed by atoms with van der Waals surface area (Å²) in [6, 6.07) is 5.37. The zero-order valence-electron chi connectivity index (χ0n) is 10.4. The van der Waals surface area contributed by atoms with Crippen LogP contribution in [0, 0.1) is 0 Å². The minimum Gasteiger partial charge on any atom is -0.330 e. The summed E-state index contributed by atoms with van der Waals surface area (Å²) in [6.45, 7) is 0.709. The van der Waals surface area contributed by atoms with E-state index in [0.717, 1.165) is 0 Å². The van der Waals surface area contributed by atoms with Crippen LogP contribution in [-0.2, 0) is 22.4 Å². The van der Waals surface area contributed by atoms with Crippen molar-refractivity contribution in [3.05, 3.63) is 29.6 Å². The quantitative estimate of drug-likeness (QED) is 0.675. The average molecular weight is 249 g/mol. The molecule has 0 amide bonds. The minimum absolute atomic E-state index is 0.0652. The summed E-state index contributed by atoms with van der Waals surface area (Å²) in [5.41, 5.74) is 12.0. The molecule has 0 aliphatic rings. The molecule has 0 aliphatic carbocycles. The highest BCUT2D eigenvalue weighted by Gasteiger charge is 2.07. The van der Waals surface area contributed by atoms with Gasteiger partial charge >= 0.3 is 0 Å². The molecule has 0 saturated carbocycles. The number of rotatable bonds is 8. The van der Waals surface area contributed by atoms with Crippen LogP contribution >= 0.6 is 0 Å². The lowest BCUT2D eigenvalue weighted by Gasteiger charge is -2.03. The Bertz CT molecular complexity index is 383. The first-order chi connectivity index (χ1) is 8.65. The standard InChI is InChI=1S/C13H19N3O2/c14-6-4-12(17)8-10-2-1-3-11(16-10)9-13(18)5-7-15/h1-3H,4-9,14-15H2. The Morgan fingerprint density at radius 3 is 1.78 bits per heavy atom. The Labute approximate surface area is 107 Å². The zero-order valence-corrected chi connectivity index (χ0v) is 10.4. The molecule has 0 saturated heterocycles. The van der Waals surface area contributed by atoms with E-state index >= 15 is 0 Å². The summed E-state index contributed by atoms with van der Waals surface area (Å²) < 4.78 is 0. The van der Waals surface area contributed by atoms with Crippen molar-refractivity contribution in [3.63, 3.8) is 0 Å². The number of nitrogens with two attached hydrogens (primary N) is 2. The van der Waals surface area contributed by atoms with Gasteiger partial charge in [-0.25, -0.2) is 0 Å². The summed E-state index contributed by atoms with van der Waals surface area (Å²) in [4.78, 5) is 27.2. The van der Waals surface area contributed by atoms with E-state index < -0.39 is 0 Å². The molecule has 0 aromatic carbocycles. The number of pyridine rings is 1. The lowest BCUT2D eigenvalue weighted by atomic mass is 10.1. The fourth-order valence-electron chi connectivity index (χ4n) is 1.63. The highest BCUT2D eigenvalue weighted by Crippen LogP contribution is 2.04. The van der Waals surface area contributed by atoms with Crippen molar-refractivity contribution in [1.82, 2.24) is 4.98 Å². The van der Waals surface area contributed by atoms with Crippen LogP contribution in [0.3, 0.4) is 0 Å². The van der Waals surface area contributed by atoms with Gasteiger partial charge in [0.2, 0.25) is 0 Å². The lowest BCUT2D eigenvalue weighted by Crippen LogP contribution is -2.13. The molecule has 98 valence electrons. The molecule has 0 aliphatic heterocycles. The number of hydrogen-bond acceptors (Lipinski definition) is 5. The second-order valence-electron chi connectivity index (χ2n) is 4.13. The molecular weight excluding hydrogens is 230 g/mol. The molecule has 0 atom stereocenters. The van der Waals surface area contributed by atoms with Crippen molar-refractivity contribution in [3.8, 4) is 0 Å². The predicted molar refractivity (Wildman–Crippen MR) is 69.0 cm³/mol. The summed E-state index contributed by atoms with van der Waals surface area (Å²) >= 11 is 0. The van der Waals surface area contributed by atoms with E-state index in [9.17, 15) is 9.59 Å². The van der Waals surface area contributed by atoms with E-state index in [2.05, 4.69) is 4.98 Å². The summed E-state index contributed by atoms with van der Waals surface area (Å²) in [5, 5.41) is 0. The Morgan fingerprint density at radius 1 is 0.944 bits per heavy atom. The van der Waals surface area contributed by atoms with Gasteiger partial charge in [0.25, 0.3) is 0 Å². The van der Waals surface area contributed by atoms with Crippen LogP contribution in [0.15, 0.2) is 18.2 Å². The molecule has 1 rings (SSSR count). The third-order valence-corrected chi connectivity index (χ3v) is 2.47. The number of nitrogens with zero attached hydrogens (tertiary/aromatic N) is 1. The van der Waals surface area contributed by atoms with E-state index in [1.165, 1.54) is 0 Å². The van der Waals surface area contributed by atoms with Crippen LogP contribution in [-0.4, -0.2) is 29.6 Å². The van der Waals surface area contributed by atoms with E-state index in [4.69, 9.17) is 11.5 Å². The van der Waals surface area contributed by atoms with Crippen LogP contribution in [0.2, 0.25) is 0 Å². The fraction of sp³-hybridized carbons (Fsp3) is 0.462. The van der Waals surface area contributed by atoms with Crippen LogP contribution in [0.4, 0.5) is 0 Å². The number of ketones is 2. The maximum atomic E-state index is 11.4. The summed E-state index contributed by atoms with van der Waals surface area (Å²) in [5.74, 6) is 0.130. The van der Waals surface area contributed by atoms with Crippen LogP contribution < -0.4 is 11.5 Å². The van der Waals surface area contributed by atoms with E-state index in [1.54, 1.807) is 12.1 Å². The first-order valence-electron chi connectivity index (χ1n) is 6.04. The van der Waals surface area contributed by atoms with Gasteiger partial charge < -0.3 is 11.5 Å². The van der Waals surface area contributed by atoms with Gasteiger partial charge in [0.05, 0.1) is 0 Å². The van der Waals surface area contributed by atoms with Crippen molar-refractivity contribution in [1.29, 1.82) is 0 Å². The van der Waals surface area contributed by atoms with Gasteiger partial charge in [-0.15, -0.1) is 0 Å². The molecular formula is C13H19N3O2. The van der Waals surface area contributed by atoms with Crippen LogP contribution in [0.5, 0.6) is 0 Å². The first-order valence-corrected chi connectivity index (χ1v) is 6.04. The van der Waals surface area contributed by atoms with Gasteiger partial charge in [-0.1, -0.05) is 6.07 Å². The average Bonchev–Trinajstić information content (AvgIpc) is 2.29. The number of carbonyl (C=O) groups excluding carboxylic acids is 2. The van der Waals surface area contributed by atoms with E-state index in [1.807, 2.05) is 6.07 Å². The minimum atomic E-state index is 0.0652. The van der Waals surface area contributed by atoms with Gasteiger partial charge in [-0.2, -0.15) is 0 Å². The Hall–Kier alpha value is -1.59. The van der Waals surface area contributed by atoms with Crippen molar-refractivity contribution >= 4 is 11.6 Å². The van der Waals surface area contributed by atoms with Crippen molar-refractivity contribution in [2.24, 2.45) is 11.5 Å². The second kappa shape index (κ2) is 7.68. The molecule has 5 nitrogen and oxygen atoms in total. The van der Waals surface area contributed by atoms with E-state index in [0.29, 0.717) is 37.3 Å². The highest BCUT2D eigenvalue weighted by atomic mass is 16.1. The number of aromatic nitrogens is 1. The molecule has 0 unspecified atom stereocenters. The molecule has 0 spiro atoms. The molecule has 5 heteroatoms. The number of hydrogen-bond donors (Lipinski definition) is 2. The molecule has 1 aromatic rings. The lowest BCUT2D eigenvalue weighted by molar-refractivity contribution is -0.119. The molecule has 0 fully saturated rings. The van der Waals surface area contributed by atoms with Crippen molar-refractivity contribution in [2.45, 2.75) is 25.7 Å². The second-order valence-corrected chi connectivity index (χ2v) is 4.13. The normalized spacial score (nSPS) is 10.3. The summed E-state index contributed by atoms with van der Waals surface area (Å²) in [7, 11) is 0. The van der Waals surface area contributed by atoms with Gasteiger partial charge in [0.15, 0.2) is 0 Å². The molecule has 1 heterocycles. The highest BCUT2D eigenvalue weighted by molar-refractivity contribution is 5.81. The largest absolute Gasteiger partial charge is 0.330 e. The zero-order chi connectivity index (χ0) is 13.4. The monoisotopic (exact) mass is 249 g/mol. The van der Waals surface area contributed by atoms with Crippen molar-refractivity contribution in [2.75, 3.05) is 13.1 Å². The van der Waals surface area contributed by atoms with E-state index in [-0.39, 0.29) is 24.4 Å². The van der Waals surface area contributed by atoms with Crippen LogP contribution in [0.25, 0.3) is 0 Å². The molecule has 1 aromatic heterocycles. The third-order valence-electron chi connectivity index (χ3n) is 2.47. The maximum absolute atomic E-state index is 11.4. The third kappa shape index (κ3) is 5.16. The Kier molecular flexibility index (Phi) is 6.18. The maximum Gasteiger partial charge on any atom is 0.140 e. The van der Waals surface area contributed by atoms with Gasteiger partial charge in [0.1, 0.15) is 11.6 Å². The van der Waals surface area contributed by atoms with Gasteiger partial charge in [-0.3, -0.25) is 14.6 Å². The first kappa shape index (κ1) is 14.5. The molecule has 4 N–H and O–H groups in total. The van der Waals surface area contributed by atoms with Gasteiger partial charge in [0, 0.05) is 37.1 Å². The predicted octanol–water partition coefficient (Wildman–Crippen LogP) is 0.00240. The number of Topliss-reactive ketones (excluding diaryl/α,β-unsaturated/α-hetero) is 2. The van der Waals surface area contributed by atoms with Crippen molar-refractivity contribution < 1.29 is 9.59 Å². The summed E-state index contributed by atoms with van der Waals surface area (Å²) in [6.07, 6.45) is 1.27. The topological polar surface area (TPSA) is 99.1 Å². The smallest absolute Gasteiger partial charge is 0.140 e.